The molecule has 0 aromatic rings. The van der Waals surface area contributed by atoms with Gasteiger partial charge in [-0.05, 0) is 19.1 Å². The molecule has 0 saturated heterocycles. The maximum absolute atomic E-state index is 11.2. The minimum atomic E-state index is 0.203. The van der Waals surface area contributed by atoms with Crippen molar-refractivity contribution in [2.75, 3.05) is 12.0 Å². The first kappa shape index (κ1) is 9.90. The van der Waals surface area contributed by atoms with Gasteiger partial charge in [-0.25, -0.2) is 0 Å². The highest BCUT2D eigenvalue weighted by Crippen LogP contribution is 2.17. The van der Waals surface area contributed by atoms with Crippen LogP contribution in [0.15, 0.2) is 0 Å². The molecule has 70 valence electrons. The normalized spacial score (nSPS) is 19.1. The molecular formula is C9H17NOS. The molecular weight excluding hydrogens is 170 g/mol. The highest BCUT2D eigenvalue weighted by molar-refractivity contribution is 7.99. The molecule has 3 heteroatoms. The van der Waals surface area contributed by atoms with Crippen molar-refractivity contribution in [2.24, 2.45) is 0 Å². The molecule has 0 radical (unpaired) electrons. The van der Waals surface area contributed by atoms with Crippen molar-refractivity contribution in [3.8, 4) is 0 Å². The quantitative estimate of drug-likeness (QED) is 0.730. The Labute approximate surface area is 78.5 Å². The maximum atomic E-state index is 11.2. The fraction of sp³-hybridized carbons (Fsp3) is 0.889. The van der Waals surface area contributed by atoms with Crippen molar-refractivity contribution in [1.82, 2.24) is 5.32 Å². The van der Waals surface area contributed by atoms with Crippen molar-refractivity contribution in [3.05, 3.63) is 0 Å². The van der Waals surface area contributed by atoms with Gasteiger partial charge in [-0.1, -0.05) is 19.3 Å². The molecule has 1 N–H and O–H groups in total. The fourth-order valence-electron chi connectivity index (χ4n) is 1.65. The summed E-state index contributed by atoms with van der Waals surface area (Å²) < 4.78 is 0. The van der Waals surface area contributed by atoms with Gasteiger partial charge in [0.1, 0.15) is 0 Å². The molecule has 12 heavy (non-hydrogen) atoms. The van der Waals surface area contributed by atoms with E-state index in [0.29, 0.717) is 11.8 Å². The molecule has 0 aliphatic heterocycles. The van der Waals surface area contributed by atoms with Gasteiger partial charge in [-0.15, -0.1) is 0 Å². The van der Waals surface area contributed by atoms with Gasteiger partial charge < -0.3 is 5.32 Å². The van der Waals surface area contributed by atoms with Crippen molar-refractivity contribution in [2.45, 2.75) is 38.1 Å². The molecule has 1 aliphatic rings. The van der Waals surface area contributed by atoms with Gasteiger partial charge >= 0.3 is 0 Å². The average Bonchev–Trinajstić information content (AvgIpc) is 2.06. The summed E-state index contributed by atoms with van der Waals surface area (Å²) in [6, 6.07) is 0.471. The van der Waals surface area contributed by atoms with E-state index in [4.69, 9.17) is 0 Å². The Kier molecular flexibility index (Phi) is 4.51. The summed E-state index contributed by atoms with van der Waals surface area (Å²) in [7, 11) is 0. The summed E-state index contributed by atoms with van der Waals surface area (Å²) in [6.07, 6.45) is 8.23. The van der Waals surface area contributed by atoms with Crippen LogP contribution >= 0.6 is 11.8 Å². The van der Waals surface area contributed by atoms with Crippen LogP contribution in [0.4, 0.5) is 0 Å². The molecule has 1 fully saturated rings. The van der Waals surface area contributed by atoms with Gasteiger partial charge in [0, 0.05) is 6.04 Å². The van der Waals surface area contributed by atoms with Crippen LogP contribution in [-0.2, 0) is 4.79 Å². The molecule has 1 rings (SSSR count). The zero-order valence-electron chi connectivity index (χ0n) is 7.64. The monoisotopic (exact) mass is 187 g/mol. The first-order valence-corrected chi connectivity index (χ1v) is 6.00. The fourth-order valence-corrected chi connectivity index (χ4v) is 1.99. The van der Waals surface area contributed by atoms with E-state index in [9.17, 15) is 4.79 Å². The average molecular weight is 187 g/mol. The lowest BCUT2D eigenvalue weighted by molar-refractivity contribution is -0.119. The Balaban J connectivity index is 2.15. The summed E-state index contributed by atoms with van der Waals surface area (Å²) in [5, 5.41) is 3.06. The van der Waals surface area contributed by atoms with E-state index >= 15 is 0 Å². The SMILES string of the molecule is CSCC(=O)NC1CCCCC1. The lowest BCUT2D eigenvalue weighted by Crippen LogP contribution is -2.37. The van der Waals surface area contributed by atoms with Gasteiger partial charge in [0.05, 0.1) is 5.75 Å². The molecule has 0 heterocycles. The minimum Gasteiger partial charge on any atom is -0.353 e. The smallest absolute Gasteiger partial charge is 0.230 e. The van der Waals surface area contributed by atoms with Crippen LogP contribution in [0.25, 0.3) is 0 Å². The van der Waals surface area contributed by atoms with Crippen LogP contribution in [0.3, 0.4) is 0 Å². The second kappa shape index (κ2) is 5.46. The Morgan fingerprint density at radius 3 is 2.67 bits per heavy atom. The van der Waals surface area contributed by atoms with Crippen molar-refractivity contribution in [3.63, 3.8) is 0 Å². The predicted molar refractivity (Wildman–Crippen MR) is 53.4 cm³/mol. The van der Waals surface area contributed by atoms with E-state index in [1.165, 1.54) is 32.1 Å². The Morgan fingerprint density at radius 1 is 1.42 bits per heavy atom. The van der Waals surface area contributed by atoms with E-state index in [1.54, 1.807) is 11.8 Å². The van der Waals surface area contributed by atoms with Crippen molar-refractivity contribution in [1.29, 1.82) is 0 Å². The molecule has 1 aliphatic carbocycles. The standard InChI is InChI=1S/C9H17NOS/c1-12-7-9(11)10-8-5-3-2-4-6-8/h8H,2-7H2,1H3,(H,10,11). The number of amides is 1. The second-order valence-corrected chi connectivity index (χ2v) is 4.20. The van der Waals surface area contributed by atoms with E-state index in [0.717, 1.165) is 0 Å². The summed E-state index contributed by atoms with van der Waals surface area (Å²) in [4.78, 5) is 11.2. The van der Waals surface area contributed by atoms with E-state index in [1.807, 2.05) is 6.26 Å². The lowest BCUT2D eigenvalue weighted by atomic mass is 9.95. The van der Waals surface area contributed by atoms with Gasteiger partial charge in [0.2, 0.25) is 5.91 Å². The maximum Gasteiger partial charge on any atom is 0.230 e. The lowest BCUT2D eigenvalue weighted by Gasteiger charge is -2.22. The molecule has 2 nitrogen and oxygen atoms in total. The Morgan fingerprint density at radius 2 is 2.08 bits per heavy atom. The number of carbonyl (C=O) groups is 1. The molecule has 0 unspecified atom stereocenters. The van der Waals surface area contributed by atoms with Crippen LogP contribution < -0.4 is 5.32 Å². The number of nitrogens with one attached hydrogen (secondary N) is 1. The topological polar surface area (TPSA) is 29.1 Å². The van der Waals surface area contributed by atoms with Gasteiger partial charge in [-0.3, -0.25) is 4.79 Å². The van der Waals surface area contributed by atoms with E-state index in [2.05, 4.69) is 5.32 Å². The van der Waals surface area contributed by atoms with Crippen LogP contribution in [0.5, 0.6) is 0 Å². The number of carbonyl (C=O) groups excluding carboxylic acids is 1. The molecule has 1 saturated carbocycles. The Hall–Kier alpha value is -0.180. The Bertz CT molecular complexity index is 143. The summed E-state index contributed by atoms with van der Waals surface area (Å²) in [5.74, 6) is 0.811. The highest BCUT2D eigenvalue weighted by Gasteiger charge is 2.14. The third-order valence-corrected chi connectivity index (χ3v) is 2.80. The minimum absolute atomic E-state index is 0.203. The van der Waals surface area contributed by atoms with E-state index in [-0.39, 0.29) is 5.91 Å². The van der Waals surface area contributed by atoms with Crippen LogP contribution in [0, 0.1) is 0 Å². The van der Waals surface area contributed by atoms with Crippen molar-refractivity contribution >= 4 is 17.7 Å². The van der Waals surface area contributed by atoms with Crippen LogP contribution in [0.2, 0.25) is 0 Å². The molecule has 0 spiro atoms. The first-order chi connectivity index (χ1) is 5.83. The number of hydrogen-bond donors (Lipinski definition) is 1. The largest absolute Gasteiger partial charge is 0.353 e. The summed E-state index contributed by atoms with van der Waals surface area (Å²) in [6.45, 7) is 0. The van der Waals surface area contributed by atoms with Crippen LogP contribution in [0.1, 0.15) is 32.1 Å². The summed E-state index contributed by atoms with van der Waals surface area (Å²) >= 11 is 1.59. The zero-order chi connectivity index (χ0) is 8.81. The number of thioether (sulfide) groups is 1. The molecule has 0 atom stereocenters. The molecule has 0 aromatic heterocycles. The number of hydrogen-bond acceptors (Lipinski definition) is 2. The van der Waals surface area contributed by atoms with Gasteiger partial charge in [-0.2, -0.15) is 11.8 Å². The van der Waals surface area contributed by atoms with Gasteiger partial charge in [0.25, 0.3) is 0 Å². The first-order valence-electron chi connectivity index (χ1n) is 4.61. The van der Waals surface area contributed by atoms with E-state index < -0.39 is 0 Å². The second-order valence-electron chi connectivity index (χ2n) is 3.34. The van der Waals surface area contributed by atoms with Crippen LogP contribution in [-0.4, -0.2) is 24.0 Å². The molecule has 1 amide bonds. The third kappa shape index (κ3) is 3.48. The molecule has 0 bridgehead atoms. The number of rotatable bonds is 3. The highest BCUT2D eigenvalue weighted by atomic mass is 32.2. The predicted octanol–water partition coefficient (Wildman–Crippen LogP) is 1.80. The zero-order valence-corrected chi connectivity index (χ0v) is 8.45. The van der Waals surface area contributed by atoms with Crippen molar-refractivity contribution < 1.29 is 4.79 Å². The molecule has 0 aromatic carbocycles. The summed E-state index contributed by atoms with van der Waals surface area (Å²) in [5.41, 5.74) is 0. The van der Waals surface area contributed by atoms with Gasteiger partial charge in [0.15, 0.2) is 0 Å². The third-order valence-electron chi connectivity index (χ3n) is 2.25.